The fourth-order valence-corrected chi connectivity index (χ4v) is 1.21. The van der Waals surface area contributed by atoms with E-state index in [-0.39, 0.29) is 5.82 Å². The van der Waals surface area contributed by atoms with Crippen LogP contribution in [0.2, 0.25) is 0 Å². The molecule has 4 nitrogen and oxygen atoms in total. The minimum Gasteiger partial charge on any atom is -0.368 e. The van der Waals surface area contributed by atoms with E-state index in [1.165, 1.54) is 12.3 Å². The van der Waals surface area contributed by atoms with E-state index in [4.69, 9.17) is 0 Å². The molecule has 0 fully saturated rings. The molecule has 2 aromatic rings. The Hall–Kier alpha value is -1.91. The molecule has 2 rings (SSSR count). The average Bonchev–Trinajstić information content (AvgIpc) is 2.74. The van der Waals surface area contributed by atoms with Gasteiger partial charge < -0.3 is 5.32 Å². The molecule has 2 heterocycles. The van der Waals surface area contributed by atoms with Crippen LogP contribution in [0.4, 0.5) is 10.2 Å². The monoisotopic (exact) mass is 206 g/mol. The van der Waals surface area contributed by atoms with Gasteiger partial charge in [-0.05, 0) is 18.2 Å². The molecular weight excluding hydrogens is 195 g/mol. The molecule has 0 unspecified atom stereocenters. The van der Waals surface area contributed by atoms with Crippen LogP contribution < -0.4 is 5.32 Å². The number of hydrogen-bond acceptors (Lipinski definition) is 3. The van der Waals surface area contributed by atoms with E-state index in [0.717, 1.165) is 6.54 Å². The number of rotatable bonds is 4. The molecular formula is C10H11FN4. The smallest absolute Gasteiger partial charge is 0.141 e. The van der Waals surface area contributed by atoms with Gasteiger partial charge in [-0.3, -0.25) is 4.68 Å². The van der Waals surface area contributed by atoms with Crippen LogP contribution >= 0.6 is 0 Å². The molecule has 5 heteroatoms. The topological polar surface area (TPSA) is 42.7 Å². The van der Waals surface area contributed by atoms with Gasteiger partial charge in [0.1, 0.15) is 11.6 Å². The summed E-state index contributed by atoms with van der Waals surface area (Å²) in [4.78, 5) is 3.88. The Labute approximate surface area is 86.8 Å². The number of aromatic nitrogens is 3. The van der Waals surface area contributed by atoms with Crippen LogP contribution in [0, 0.1) is 5.82 Å². The summed E-state index contributed by atoms with van der Waals surface area (Å²) >= 11 is 0. The Morgan fingerprint density at radius 1 is 1.40 bits per heavy atom. The van der Waals surface area contributed by atoms with Gasteiger partial charge in [-0.2, -0.15) is 5.10 Å². The summed E-state index contributed by atoms with van der Waals surface area (Å²) in [6.45, 7) is 1.46. The summed E-state index contributed by atoms with van der Waals surface area (Å²) in [7, 11) is 0. The maximum absolute atomic E-state index is 12.5. The summed E-state index contributed by atoms with van der Waals surface area (Å²) in [5.74, 6) is 0.344. The summed E-state index contributed by atoms with van der Waals surface area (Å²) in [5, 5.41) is 7.13. The maximum atomic E-state index is 12.5. The molecule has 2 aromatic heterocycles. The lowest BCUT2D eigenvalue weighted by Gasteiger charge is -2.04. The minimum atomic E-state index is -0.326. The highest BCUT2D eigenvalue weighted by Gasteiger charge is 1.94. The summed E-state index contributed by atoms with van der Waals surface area (Å²) < 4.78 is 14.3. The van der Waals surface area contributed by atoms with E-state index < -0.39 is 0 Å². The molecule has 0 radical (unpaired) electrons. The molecule has 0 bridgehead atoms. The molecule has 0 aromatic carbocycles. The Balaban J connectivity index is 1.81. The first-order valence-electron chi connectivity index (χ1n) is 4.67. The van der Waals surface area contributed by atoms with Crippen LogP contribution in [0.5, 0.6) is 0 Å². The van der Waals surface area contributed by atoms with Gasteiger partial charge in [0.15, 0.2) is 0 Å². The zero-order valence-corrected chi connectivity index (χ0v) is 8.10. The molecule has 0 aliphatic heterocycles. The third-order valence-electron chi connectivity index (χ3n) is 1.93. The second-order valence-corrected chi connectivity index (χ2v) is 3.06. The normalized spacial score (nSPS) is 10.2. The predicted molar refractivity (Wildman–Crippen MR) is 54.9 cm³/mol. The van der Waals surface area contributed by atoms with E-state index in [9.17, 15) is 4.39 Å². The number of hydrogen-bond donors (Lipinski definition) is 1. The Bertz CT molecular complexity index is 396. The van der Waals surface area contributed by atoms with E-state index in [0.29, 0.717) is 12.4 Å². The number of anilines is 1. The zero-order valence-electron chi connectivity index (χ0n) is 8.10. The number of nitrogens with one attached hydrogen (secondary N) is 1. The molecule has 0 saturated carbocycles. The summed E-state index contributed by atoms with van der Waals surface area (Å²) in [6.07, 6.45) is 4.81. The third-order valence-corrected chi connectivity index (χ3v) is 1.93. The highest BCUT2D eigenvalue weighted by molar-refractivity contribution is 5.33. The van der Waals surface area contributed by atoms with Gasteiger partial charge in [-0.15, -0.1) is 0 Å². The van der Waals surface area contributed by atoms with Gasteiger partial charge in [-0.25, -0.2) is 9.37 Å². The van der Waals surface area contributed by atoms with Crippen LogP contribution in [0.1, 0.15) is 0 Å². The van der Waals surface area contributed by atoms with Gasteiger partial charge in [-0.1, -0.05) is 0 Å². The van der Waals surface area contributed by atoms with Crippen molar-refractivity contribution in [3.05, 3.63) is 42.6 Å². The second-order valence-electron chi connectivity index (χ2n) is 3.06. The first-order chi connectivity index (χ1) is 7.34. The van der Waals surface area contributed by atoms with E-state index in [1.807, 2.05) is 16.9 Å². The van der Waals surface area contributed by atoms with Crippen molar-refractivity contribution in [1.82, 2.24) is 14.8 Å². The van der Waals surface area contributed by atoms with Crippen molar-refractivity contribution in [1.29, 1.82) is 0 Å². The van der Waals surface area contributed by atoms with Crippen molar-refractivity contribution < 1.29 is 4.39 Å². The molecule has 0 atom stereocenters. The fourth-order valence-electron chi connectivity index (χ4n) is 1.21. The molecule has 0 spiro atoms. The standard InChI is InChI=1S/C10H11FN4/c11-9-2-3-10(13-8-9)12-5-7-15-6-1-4-14-15/h1-4,6,8H,5,7H2,(H,12,13). The van der Waals surface area contributed by atoms with Crippen molar-refractivity contribution >= 4 is 5.82 Å². The van der Waals surface area contributed by atoms with E-state index >= 15 is 0 Å². The largest absolute Gasteiger partial charge is 0.368 e. The second kappa shape index (κ2) is 4.54. The fraction of sp³-hybridized carbons (Fsp3) is 0.200. The van der Waals surface area contributed by atoms with Crippen LogP contribution in [0.15, 0.2) is 36.8 Å². The molecule has 0 aliphatic carbocycles. The first-order valence-corrected chi connectivity index (χ1v) is 4.67. The average molecular weight is 206 g/mol. The summed E-state index contributed by atoms with van der Waals surface area (Å²) in [6, 6.07) is 4.86. The molecule has 0 aliphatic rings. The molecule has 0 saturated heterocycles. The predicted octanol–water partition coefficient (Wildman–Crippen LogP) is 1.53. The number of pyridine rings is 1. The minimum absolute atomic E-state index is 0.326. The van der Waals surface area contributed by atoms with Crippen LogP contribution in [-0.4, -0.2) is 21.3 Å². The van der Waals surface area contributed by atoms with Crippen LogP contribution in [0.3, 0.4) is 0 Å². The number of halogens is 1. The first kappa shape index (κ1) is 9.64. The van der Waals surface area contributed by atoms with Crippen LogP contribution in [0.25, 0.3) is 0 Å². The van der Waals surface area contributed by atoms with Gasteiger partial charge in [0, 0.05) is 18.9 Å². The summed E-state index contributed by atoms with van der Waals surface area (Å²) in [5.41, 5.74) is 0. The highest BCUT2D eigenvalue weighted by atomic mass is 19.1. The quantitative estimate of drug-likeness (QED) is 0.824. The van der Waals surface area contributed by atoms with Crippen molar-refractivity contribution in [2.24, 2.45) is 0 Å². The van der Waals surface area contributed by atoms with E-state index in [1.54, 1.807) is 12.3 Å². The van der Waals surface area contributed by atoms with Crippen molar-refractivity contribution in [2.45, 2.75) is 6.54 Å². The molecule has 78 valence electrons. The van der Waals surface area contributed by atoms with Crippen molar-refractivity contribution in [2.75, 3.05) is 11.9 Å². The molecule has 0 amide bonds. The molecule has 1 N–H and O–H groups in total. The van der Waals surface area contributed by atoms with Gasteiger partial charge >= 0.3 is 0 Å². The lowest BCUT2D eigenvalue weighted by molar-refractivity contribution is 0.620. The van der Waals surface area contributed by atoms with E-state index in [2.05, 4.69) is 15.4 Å². The maximum Gasteiger partial charge on any atom is 0.141 e. The van der Waals surface area contributed by atoms with Gasteiger partial charge in [0.25, 0.3) is 0 Å². The Morgan fingerprint density at radius 3 is 3.00 bits per heavy atom. The Kier molecular flexibility index (Phi) is 2.92. The lowest BCUT2D eigenvalue weighted by atomic mass is 10.4. The zero-order chi connectivity index (χ0) is 10.5. The van der Waals surface area contributed by atoms with Crippen molar-refractivity contribution in [3.63, 3.8) is 0 Å². The number of nitrogens with zero attached hydrogens (tertiary/aromatic N) is 3. The third kappa shape index (κ3) is 2.77. The Morgan fingerprint density at radius 2 is 2.33 bits per heavy atom. The van der Waals surface area contributed by atoms with Gasteiger partial charge in [0.05, 0.1) is 12.7 Å². The highest BCUT2D eigenvalue weighted by Crippen LogP contribution is 2.02. The van der Waals surface area contributed by atoms with Gasteiger partial charge in [0.2, 0.25) is 0 Å². The van der Waals surface area contributed by atoms with Crippen LogP contribution in [-0.2, 0) is 6.54 Å². The lowest BCUT2D eigenvalue weighted by Crippen LogP contribution is -2.11. The van der Waals surface area contributed by atoms with Crippen molar-refractivity contribution in [3.8, 4) is 0 Å². The molecule has 15 heavy (non-hydrogen) atoms. The SMILES string of the molecule is Fc1ccc(NCCn2cccn2)nc1.